The van der Waals surface area contributed by atoms with Crippen LogP contribution in [0.2, 0.25) is 0 Å². The maximum Gasteiger partial charge on any atom is 0.144 e. The molecule has 262 valence electrons. The van der Waals surface area contributed by atoms with E-state index in [1.165, 1.54) is 24.3 Å². The van der Waals surface area contributed by atoms with Crippen LogP contribution in [0.5, 0.6) is 5.75 Å². The molecule has 0 saturated carbocycles. The molecule has 0 aliphatic heterocycles. The first kappa shape index (κ1) is 34.3. The number of nitrogens with zero attached hydrogens (tertiary/aromatic N) is 3. The predicted molar refractivity (Wildman–Crippen MR) is 213 cm³/mol. The van der Waals surface area contributed by atoms with Crippen LogP contribution in [0.3, 0.4) is 0 Å². The van der Waals surface area contributed by atoms with E-state index in [9.17, 15) is 13.9 Å². The summed E-state index contributed by atoms with van der Waals surface area (Å²) in [6.07, 6.45) is 3.51. The smallest absolute Gasteiger partial charge is 0.144 e. The highest BCUT2D eigenvalue weighted by molar-refractivity contribution is 5.82. The summed E-state index contributed by atoms with van der Waals surface area (Å²) in [5.41, 5.74) is 10.8. The summed E-state index contributed by atoms with van der Waals surface area (Å²) in [5, 5.41) is 11.3. The molecule has 5 aromatic carbocycles. The number of pyridine rings is 3. The molecule has 0 atom stereocenters. The van der Waals surface area contributed by atoms with E-state index in [2.05, 4.69) is 44.2 Å². The molecule has 4 nitrogen and oxygen atoms in total. The molecule has 0 unspecified atom stereocenters. The normalized spacial score (nSPS) is 11.4. The Bertz CT molecular complexity index is 2590. The SMILES string of the molecule is CC(C)(c1ccccc1)c1ccc(-c2cc(-c3ccc(F)cc3)cc(-c3ncc(-c4ccccc4)cc3O)n2)cc1-c1cc(-c2ccc(F)cc2)ccn1. The van der Waals surface area contributed by atoms with Gasteiger partial charge in [0.05, 0.1) is 17.1 Å². The molecular formula is C48H35F2N3O. The van der Waals surface area contributed by atoms with Gasteiger partial charge in [-0.25, -0.2) is 13.8 Å². The molecule has 0 aliphatic carbocycles. The maximum atomic E-state index is 14.1. The first-order valence-corrected chi connectivity index (χ1v) is 17.7. The Balaban J connectivity index is 1.31. The van der Waals surface area contributed by atoms with Crippen LogP contribution in [0, 0.1) is 11.6 Å². The van der Waals surface area contributed by atoms with E-state index in [1.54, 1.807) is 42.7 Å². The summed E-state index contributed by atoms with van der Waals surface area (Å²) >= 11 is 0. The van der Waals surface area contributed by atoms with Gasteiger partial charge in [-0.3, -0.25) is 9.97 Å². The molecule has 0 amide bonds. The van der Waals surface area contributed by atoms with Gasteiger partial charge in [0, 0.05) is 34.5 Å². The van der Waals surface area contributed by atoms with E-state index in [4.69, 9.17) is 15.0 Å². The predicted octanol–water partition coefficient (Wildman–Crippen LogP) is 12.2. The topological polar surface area (TPSA) is 58.9 Å². The van der Waals surface area contributed by atoms with Gasteiger partial charge in [-0.2, -0.15) is 0 Å². The second-order valence-corrected chi connectivity index (χ2v) is 13.8. The molecule has 0 aliphatic rings. The Labute approximate surface area is 313 Å². The van der Waals surface area contributed by atoms with Crippen molar-refractivity contribution in [2.24, 2.45) is 0 Å². The minimum Gasteiger partial charge on any atom is -0.506 e. The second-order valence-electron chi connectivity index (χ2n) is 13.8. The van der Waals surface area contributed by atoms with Gasteiger partial charge < -0.3 is 5.11 Å². The van der Waals surface area contributed by atoms with Crippen molar-refractivity contribution in [3.63, 3.8) is 0 Å². The summed E-state index contributed by atoms with van der Waals surface area (Å²) in [7, 11) is 0. The van der Waals surface area contributed by atoms with Crippen molar-refractivity contribution in [2.75, 3.05) is 0 Å². The molecule has 54 heavy (non-hydrogen) atoms. The molecule has 1 N–H and O–H groups in total. The standard InChI is InChI=1S/C48H35F2N3O/c1-48(2,38-11-7-4-8-12-38)42-22-17-35(25-41(42)44-26-34(23-24-51-44)32-13-18-39(49)19-14-32)43-27-36(33-15-20-40(50)21-16-33)28-45(53-43)47-46(54)29-37(30-52-47)31-9-5-3-6-10-31/h3-30,54H,1-2H3. The van der Waals surface area contributed by atoms with Crippen molar-refractivity contribution in [3.05, 3.63) is 193 Å². The lowest BCUT2D eigenvalue weighted by molar-refractivity contribution is 0.475. The fourth-order valence-electron chi connectivity index (χ4n) is 6.92. The van der Waals surface area contributed by atoms with Crippen LogP contribution in [0.25, 0.3) is 67.3 Å². The molecule has 3 aromatic heterocycles. The molecular weight excluding hydrogens is 673 g/mol. The zero-order valence-corrected chi connectivity index (χ0v) is 29.7. The molecule has 0 radical (unpaired) electrons. The van der Waals surface area contributed by atoms with E-state index in [0.29, 0.717) is 17.1 Å². The fourth-order valence-corrected chi connectivity index (χ4v) is 6.92. The van der Waals surface area contributed by atoms with Crippen molar-refractivity contribution in [2.45, 2.75) is 19.3 Å². The molecule has 8 aromatic rings. The van der Waals surface area contributed by atoms with Crippen LogP contribution in [0.1, 0.15) is 25.0 Å². The summed E-state index contributed by atoms with van der Waals surface area (Å²) in [6.45, 7) is 4.40. The van der Waals surface area contributed by atoms with E-state index < -0.39 is 5.41 Å². The van der Waals surface area contributed by atoms with E-state index in [-0.39, 0.29) is 17.4 Å². The average molecular weight is 708 g/mol. The highest BCUT2D eigenvalue weighted by atomic mass is 19.1. The van der Waals surface area contributed by atoms with Gasteiger partial charge >= 0.3 is 0 Å². The zero-order valence-electron chi connectivity index (χ0n) is 29.7. The van der Waals surface area contributed by atoms with Gasteiger partial charge in [-0.05, 0) is 99.6 Å². The quantitative estimate of drug-likeness (QED) is 0.171. The summed E-state index contributed by atoms with van der Waals surface area (Å²) in [4.78, 5) is 14.6. The lowest BCUT2D eigenvalue weighted by atomic mass is 9.75. The van der Waals surface area contributed by atoms with Crippen molar-refractivity contribution in [1.29, 1.82) is 0 Å². The number of aromatic nitrogens is 3. The number of benzene rings is 5. The first-order valence-electron chi connectivity index (χ1n) is 17.7. The Hall–Kier alpha value is -6.79. The van der Waals surface area contributed by atoms with Crippen molar-refractivity contribution >= 4 is 0 Å². The Morgan fingerprint density at radius 2 is 1.06 bits per heavy atom. The van der Waals surface area contributed by atoms with Gasteiger partial charge in [0.15, 0.2) is 0 Å². The number of hydrogen-bond donors (Lipinski definition) is 1. The van der Waals surface area contributed by atoms with Crippen LogP contribution in [0.15, 0.2) is 170 Å². The van der Waals surface area contributed by atoms with Gasteiger partial charge in [-0.1, -0.05) is 111 Å². The number of rotatable bonds is 8. The molecule has 0 bridgehead atoms. The van der Waals surface area contributed by atoms with Crippen molar-refractivity contribution < 1.29 is 13.9 Å². The summed E-state index contributed by atoms with van der Waals surface area (Å²) < 4.78 is 27.9. The van der Waals surface area contributed by atoms with Gasteiger partial charge in [0.25, 0.3) is 0 Å². The Kier molecular flexibility index (Phi) is 9.10. The molecule has 3 heterocycles. The molecule has 0 saturated heterocycles. The third kappa shape index (κ3) is 6.89. The molecule has 0 spiro atoms. The van der Waals surface area contributed by atoms with Crippen LogP contribution >= 0.6 is 0 Å². The largest absolute Gasteiger partial charge is 0.506 e. The first-order chi connectivity index (χ1) is 26.2. The number of hydrogen-bond acceptors (Lipinski definition) is 4. The monoisotopic (exact) mass is 707 g/mol. The highest BCUT2D eigenvalue weighted by Crippen LogP contribution is 2.41. The zero-order chi connectivity index (χ0) is 37.2. The van der Waals surface area contributed by atoms with Gasteiger partial charge in [0.2, 0.25) is 0 Å². The van der Waals surface area contributed by atoms with Crippen LogP contribution in [0.4, 0.5) is 8.78 Å². The molecule has 0 fully saturated rings. The van der Waals surface area contributed by atoms with Crippen LogP contribution in [-0.2, 0) is 5.41 Å². The average Bonchev–Trinajstić information content (AvgIpc) is 3.21. The Morgan fingerprint density at radius 1 is 0.481 bits per heavy atom. The van der Waals surface area contributed by atoms with Crippen molar-refractivity contribution in [3.8, 4) is 73.0 Å². The highest BCUT2D eigenvalue weighted by Gasteiger charge is 2.27. The second kappa shape index (κ2) is 14.3. The van der Waals surface area contributed by atoms with E-state index in [1.807, 2.05) is 72.8 Å². The minimum atomic E-state index is -0.409. The van der Waals surface area contributed by atoms with Gasteiger partial charge in [0.1, 0.15) is 23.1 Å². The Morgan fingerprint density at radius 3 is 1.72 bits per heavy atom. The van der Waals surface area contributed by atoms with Crippen molar-refractivity contribution in [1.82, 2.24) is 15.0 Å². The lowest BCUT2D eigenvalue weighted by Crippen LogP contribution is -2.20. The minimum absolute atomic E-state index is 0.00600. The maximum absolute atomic E-state index is 14.1. The van der Waals surface area contributed by atoms with Crippen LogP contribution < -0.4 is 0 Å². The lowest BCUT2D eigenvalue weighted by Gasteiger charge is -2.29. The fraction of sp³-hybridized carbons (Fsp3) is 0.0625. The number of aromatic hydroxyl groups is 1. The third-order valence-corrected chi connectivity index (χ3v) is 9.92. The third-order valence-electron chi connectivity index (χ3n) is 9.92. The van der Waals surface area contributed by atoms with Gasteiger partial charge in [-0.15, -0.1) is 0 Å². The number of halogens is 2. The van der Waals surface area contributed by atoms with E-state index >= 15 is 0 Å². The van der Waals surface area contributed by atoms with E-state index in [0.717, 1.165) is 61.3 Å². The molecule has 6 heteroatoms. The summed E-state index contributed by atoms with van der Waals surface area (Å²) in [5.74, 6) is -0.632. The van der Waals surface area contributed by atoms with Crippen LogP contribution in [-0.4, -0.2) is 20.1 Å². The molecule has 8 rings (SSSR count). The summed E-state index contributed by atoms with van der Waals surface area (Å²) in [6, 6.07) is 48.6.